The van der Waals surface area contributed by atoms with Gasteiger partial charge >= 0.3 is 6.03 Å². The summed E-state index contributed by atoms with van der Waals surface area (Å²) < 4.78 is 31.2. The van der Waals surface area contributed by atoms with E-state index in [-0.39, 0.29) is 24.5 Å². The molecule has 0 aliphatic carbocycles. The van der Waals surface area contributed by atoms with Crippen molar-refractivity contribution >= 4 is 21.7 Å². The smallest absolute Gasteiger partial charge is 0.321 e. The Morgan fingerprint density at radius 1 is 1.30 bits per heavy atom. The number of benzene rings is 1. The second-order valence-corrected chi connectivity index (χ2v) is 10.1. The van der Waals surface area contributed by atoms with Gasteiger partial charge in [0, 0.05) is 37.7 Å². The molecule has 1 fully saturated rings. The summed E-state index contributed by atoms with van der Waals surface area (Å²) in [4.78, 5) is 18.4. The number of aryl methyl sites for hydroxylation is 2. The second-order valence-electron chi connectivity index (χ2n) is 8.12. The molecule has 0 saturated carbocycles. The van der Waals surface area contributed by atoms with E-state index >= 15 is 0 Å². The van der Waals surface area contributed by atoms with E-state index in [9.17, 15) is 13.2 Å². The lowest BCUT2D eigenvalue weighted by Gasteiger charge is -2.44. The molecule has 164 valence electrons. The zero-order chi connectivity index (χ0) is 22.1. The first kappa shape index (κ1) is 22.2. The quantitative estimate of drug-likeness (QED) is 0.716. The second kappa shape index (κ2) is 8.73. The average molecular weight is 436 g/mol. The molecule has 0 spiro atoms. The predicted octanol–water partition coefficient (Wildman–Crippen LogP) is 2.53. The molecule has 2 aromatic rings. The molecule has 1 aromatic heterocycles. The Labute approximate surface area is 177 Å². The summed E-state index contributed by atoms with van der Waals surface area (Å²) in [6, 6.07) is 5.24. The minimum absolute atomic E-state index is 0.119. The van der Waals surface area contributed by atoms with Gasteiger partial charge in [-0.25, -0.2) is 13.2 Å². The molecule has 1 N–H and O–H groups in total. The molecule has 0 radical (unpaired) electrons. The van der Waals surface area contributed by atoms with Crippen molar-refractivity contribution in [2.45, 2.75) is 46.1 Å². The number of carbonyl (C=O) groups excluding carboxylic acids is 1. The van der Waals surface area contributed by atoms with Crippen LogP contribution in [-0.2, 0) is 16.4 Å². The van der Waals surface area contributed by atoms with Gasteiger partial charge in [-0.05, 0) is 37.1 Å². The minimum Gasteiger partial charge on any atom is -0.339 e. The van der Waals surface area contributed by atoms with E-state index < -0.39 is 10.0 Å². The molecule has 2 heterocycles. The van der Waals surface area contributed by atoms with Gasteiger partial charge < -0.3 is 14.7 Å². The SMILES string of the molecule is Cc1ccc(NC(=O)N2CC(N(CCc3noc(C(C)C)n3)S(C)(=O)=O)C2)cc1C. The lowest BCUT2D eigenvalue weighted by molar-refractivity contribution is 0.109. The Kier molecular flexibility index (Phi) is 6.47. The standard InChI is InChI=1S/C20H29N5O4S/c1-13(2)19-22-18(23-29-19)8-9-25(30(5,27)28)17-11-24(12-17)20(26)21-16-7-6-14(3)15(4)10-16/h6-7,10,13,17H,8-9,11-12H2,1-5H3,(H,21,26). The number of likely N-dealkylation sites (tertiary alicyclic amines) is 1. The van der Waals surface area contributed by atoms with Gasteiger partial charge in [-0.2, -0.15) is 9.29 Å². The summed E-state index contributed by atoms with van der Waals surface area (Å²) in [5.41, 5.74) is 2.98. The van der Waals surface area contributed by atoms with Crippen LogP contribution in [0.1, 0.15) is 42.6 Å². The monoisotopic (exact) mass is 435 g/mol. The van der Waals surface area contributed by atoms with Crippen LogP contribution in [0, 0.1) is 13.8 Å². The summed E-state index contributed by atoms with van der Waals surface area (Å²) >= 11 is 0. The van der Waals surface area contributed by atoms with Gasteiger partial charge in [0.05, 0.1) is 12.3 Å². The number of anilines is 1. The van der Waals surface area contributed by atoms with Gasteiger partial charge in [-0.15, -0.1) is 0 Å². The van der Waals surface area contributed by atoms with Crippen LogP contribution in [0.25, 0.3) is 0 Å². The number of rotatable bonds is 7. The molecule has 1 saturated heterocycles. The van der Waals surface area contributed by atoms with E-state index in [1.807, 2.05) is 45.9 Å². The Morgan fingerprint density at radius 2 is 2.00 bits per heavy atom. The summed E-state index contributed by atoms with van der Waals surface area (Å²) in [6.45, 7) is 8.83. The Morgan fingerprint density at radius 3 is 2.57 bits per heavy atom. The molecule has 0 atom stereocenters. The molecule has 1 aromatic carbocycles. The lowest BCUT2D eigenvalue weighted by atomic mass is 10.1. The van der Waals surface area contributed by atoms with Gasteiger partial charge in [0.1, 0.15) is 0 Å². The van der Waals surface area contributed by atoms with Crippen LogP contribution in [0.5, 0.6) is 0 Å². The maximum Gasteiger partial charge on any atom is 0.321 e. The molecule has 10 heteroatoms. The number of sulfonamides is 1. The van der Waals surface area contributed by atoms with Gasteiger partial charge in [-0.1, -0.05) is 25.1 Å². The minimum atomic E-state index is -3.43. The molecule has 0 unspecified atom stereocenters. The highest BCUT2D eigenvalue weighted by molar-refractivity contribution is 7.88. The Hall–Kier alpha value is -2.46. The predicted molar refractivity (Wildman–Crippen MR) is 114 cm³/mol. The van der Waals surface area contributed by atoms with Crippen molar-refractivity contribution in [2.24, 2.45) is 0 Å². The van der Waals surface area contributed by atoms with Crippen LogP contribution < -0.4 is 5.32 Å². The molecular formula is C20H29N5O4S. The number of nitrogens with one attached hydrogen (secondary N) is 1. The third-order valence-corrected chi connectivity index (χ3v) is 6.61. The summed E-state index contributed by atoms with van der Waals surface area (Å²) in [5, 5.41) is 6.78. The van der Waals surface area contributed by atoms with E-state index in [1.54, 1.807) is 4.90 Å². The van der Waals surface area contributed by atoms with Crippen LogP contribution in [0.2, 0.25) is 0 Å². The van der Waals surface area contributed by atoms with Crippen LogP contribution in [-0.4, -0.2) is 65.7 Å². The summed E-state index contributed by atoms with van der Waals surface area (Å²) in [6.07, 6.45) is 1.54. The normalized spacial score (nSPS) is 15.0. The van der Waals surface area contributed by atoms with Crippen LogP contribution in [0.4, 0.5) is 10.5 Å². The van der Waals surface area contributed by atoms with E-state index in [0.29, 0.717) is 31.2 Å². The number of hydrogen-bond donors (Lipinski definition) is 1. The molecule has 30 heavy (non-hydrogen) atoms. The molecule has 2 amide bonds. The van der Waals surface area contributed by atoms with Crippen molar-refractivity contribution in [3.05, 3.63) is 41.0 Å². The number of hydrogen-bond acceptors (Lipinski definition) is 6. The Balaban J connectivity index is 1.56. The first-order valence-electron chi connectivity index (χ1n) is 9.97. The fourth-order valence-electron chi connectivity index (χ4n) is 3.26. The van der Waals surface area contributed by atoms with E-state index in [4.69, 9.17) is 4.52 Å². The average Bonchev–Trinajstić information content (AvgIpc) is 3.08. The molecule has 9 nitrogen and oxygen atoms in total. The van der Waals surface area contributed by atoms with Crippen LogP contribution in [0.3, 0.4) is 0 Å². The first-order chi connectivity index (χ1) is 14.0. The highest BCUT2D eigenvalue weighted by Gasteiger charge is 2.38. The molecule has 3 rings (SSSR count). The fraction of sp³-hybridized carbons (Fsp3) is 0.550. The third kappa shape index (κ3) is 5.17. The van der Waals surface area contributed by atoms with Crippen molar-refractivity contribution in [3.8, 4) is 0 Å². The van der Waals surface area contributed by atoms with Crippen molar-refractivity contribution in [2.75, 3.05) is 31.2 Å². The number of carbonyl (C=O) groups is 1. The Bertz CT molecular complexity index is 1010. The van der Waals surface area contributed by atoms with Crippen molar-refractivity contribution in [1.29, 1.82) is 0 Å². The maximum atomic E-state index is 12.5. The van der Waals surface area contributed by atoms with E-state index in [2.05, 4.69) is 15.5 Å². The highest BCUT2D eigenvalue weighted by atomic mass is 32.2. The van der Waals surface area contributed by atoms with Crippen molar-refractivity contribution < 1.29 is 17.7 Å². The van der Waals surface area contributed by atoms with Gasteiger partial charge in [0.25, 0.3) is 0 Å². The molecule has 1 aliphatic heterocycles. The molecule has 0 bridgehead atoms. The number of aromatic nitrogens is 2. The fourth-order valence-corrected chi connectivity index (χ4v) is 4.36. The van der Waals surface area contributed by atoms with Gasteiger partial charge in [-0.3, -0.25) is 0 Å². The topological polar surface area (TPSA) is 109 Å². The van der Waals surface area contributed by atoms with Gasteiger partial charge in [0.2, 0.25) is 15.9 Å². The highest BCUT2D eigenvalue weighted by Crippen LogP contribution is 2.21. The van der Waals surface area contributed by atoms with Gasteiger partial charge in [0.15, 0.2) is 5.82 Å². The maximum absolute atomic E-state index is 12.5. The molecule has 1 aliphatic rings. The summed E-state index contributed by atoms with van der Waals surface area (Å²) in [7, 11) is -3.43. The third-order valence-electron chi connectivity index (χ3n) is 5.27. The number of amides is 2. The van der Waals surface area contributed by atoms with Crippen molar-refractivity contribution in [1.82, 2.24) is 19.3 Å². The number of urea groups is 1. The summed E-state index contributed by atoms with van der Waals surface area (Å²) in [5.74, 6) is 1.14. The number of nitrogens with zero attached hydrogens (tertiary/aromatic N) is 4. The lowest BCUT2D eigenvalue weighted by Crippen LogP contribution is -2.63. The van der Waals surface area contributed by atoms with Crippen LogP contribution >= 0.6 is 0 Å². The van der Waals surface area contributed by atoms with Crippen LogP contribution in [0.15, 0.2) is 22.7 Å². The zero-order valence-corrected chi connectivity index (χ0v) is 18.9. The molecular weight excluding hydrogens is 406 g/mol. The van der Waals surface area contributed by atoms with E-state index in [1.165, 1.54) is 10.6 Å². The first-order valence-corrected chi connectivity index (χ1v) is 11.8. The largest absolute Gasteiger partial charge is 0.339 e. The zero-order valence-electron chi connectivity index (χ0n) is 18.0. The van der Waals surface area contributed by atoms with Crippen molar-refractivity contribution in [3.63, 3.8) is 0 Å². The van der Waals surface area contributed by atoms with E-state index in [0.717, 1.165) is 16.8 Å².